The molecule has 0 saturated carbocycles. The minimum Gasteiger partial charge on any atom is -0.392 e. The Bertz CT molecular complexity index is 1010. The van der Waals surface area contributed by atoms with Gasteiger partial charge in [-0.3, -0.25) is 0 Å². The molecule has 5 nitrogen and oxygen atoms in total. The van der Waals surface area contributed by atoms with Gasteiger partial charge in [-0.2, -0.15) is 0 Å². The lowest BCUT2D eigenvalue weighted by molar-refractivity contribution is 0.208. The molecule has 0 aliphatic rings. The summed E-state index contributed by atoms with van der Waals surface area (Å²) in [5.41, 5.74) is 4.03. The molecule has 4 rings (SSSR count). The largest absolute Gasteiger partial charge is 0.392 e. The fourth-order valence-electron chi connectivity index (χ4n) is 3.06. The zero-order valence-electron chi connectivity index (χ0n) is 14.5. The minimum absolute atomic E-state index is 0.427. The van der Waals surface area contributed by atoms with E-state index in [0.29, 0.717) is 6.54 Å². The van der Waals surface area contributed by atoms with E-state index in [0.717, 1.165) is 33.7 Å². The van der Waals surface area contributed by atoms with E-state index in [1.165, 1.54) is 0 Å². The number of aromatic nitrogens is 3. The van der Waals surface area contributed by atoms with Crippen LogP contribution in [0.15, 0.2) is 73.2 Å². The van der Waals surface area contributed by atoms with Crippen molar-refractivity contribution in [3.63, 3.8) is 0 Å². The van der Waals surface area contributed by atoms with Crippen molar-refractivity contribution in [3.8, 4) is 16.8 Å². The van der Waals surface area contributed by atoms with E-state index in [-0.39, 0.29) is 0 Å². The van der Waals surface area contributed by atoms with Crippen molar-refractivity contribution in [2.24, 2.45) is 0 Å². The molecule has 26 heavy (non-hydrogen) atoms. The quantitative estimate of drug-likeness (QED) is 0.577. The van der Waals surface area contributed by atoms with Gasteiger partial charge in [0.15, 0.2) is 5.65 Å². The Kier molecular flexibility index (Phi) is 4.37. The standard InChI is InChI=1S/C21H20N4O/c1-15(26)12-22-20-19-18(16-8-4-2-5-9-16)13-25(21(19)24-14-23-20)17-10-6-3-7-11-17/h2-11,13-15,26H,12H2,1H3,(H,22,23,24). The number of aliphatic hydroxyl groups is 1. The number of rotatable bonds is 5. The summed E-state index contributed by atoms with van der Waals surface area (Å²) in [6.07, 6.45) is 3.19. The Morgan fingerprint density at radius 3 is 2.38 bits per heavy atom. The van der Waals surface area contributed by atoms with Crippen LogP contribution in [0.2, 0.25) is 0 Å². The first-order chi connectivity index (χ1) is 12.7. The lowest BCUT2D eigenvalue weighted by Gasteiger charge is -2.10. The molecule has 2 heterocycles. The number of aliphatic hydroxyl groups excluding tert-OH is 1. The van der Waals surface area contributed by atoms with Crippen LogP contribution < -0.4 is 5.32 Å². The van der Waals surface area contributed by atoms with E-state index in [1.54, 1.807) is 13.3 Å². The molecule has 4 aromatic rings. The molecule has 0 aliphatic carbocycles. The van der Waals surface area contributed by atoms with Crippen molar-refractivity contribution in [2.75, 3.05) is 11.9 Å². The summed E-state index contributed by atoms with van der Waals surface area (Å²) < 4.78 is 2.08. The van der Waals surface area contributed by atoms with Crippen LogP contribution in [-0.4, -0.2) is 32.3 Å². The molecule has 0 bridgehead atoms. The molecule has 0 amide bonds. The van der Waals surface area contributed by atoms with Gasteiger partial charge in [-0.05, 0) is 24.6 Å². The monoisotopic (exact) mass is 344 g/mol. The van der Waals surface area contributed by atoms with Crippen molar-refractivity contribution < 1.29 is 5.11 Å². The van der Waals surface area contributed by atoms with Gasteiger partial charge >= 0.3 is 0 Å². The van der Waals surface area contributed by atoms with E-state index in [2.05, 4.69) is 50.3 Å². The van der Waals surface area contributed by atoms with Gasteiger partial charge in [0, 0.05) is 24.0 Å². The molecule has 0 radical (unpaired) electrons. The average Bonchev–Trinajstić information content (AvgIpc) is 3.08. The molecule has 2 N–H and O–H groups in total. The third kappa shape index (κ3) is 3.05. The first-order valence-electron chi connectivity index (χ1n) is 8.63. The van der Waals surface area contributed by atoms with Gasteiger partial charge < -0.3 is 15.0 Å². The highest BCUT2D eigenvalue weighted by atomic mass is 16.3. The maximum Gasteiger partial charge on any atom is 0.150 e. The van der Waals surface area contributed by atoms with Crippen LogP contribution in [-0.2, 0) is 0 Å². The van der Waals surface area contributed by atoms with Crippen molar-refractivity contribution in [3.05, 3.63) is 73.2 Å². The molecular weight excluding hydrogens is 324 g/mol. The summed E-state index contributed by atoms with van der Waals surface area (Å²) in [4.78, 5) is 8.97. The Hall–Kier alpha value is -3.18. The van der Waals surface area contributed by atoms with Crippen LogP contribution in [0.5, 0.6) is 0 Å². The van der Waals surface area contributed by atoms with E-state index in [1.807, 2.05) is 36.4 Å². The van der Waals surface area contributed by atoms with Crippen molar-refractivity contribution in [2.45, 2.75) is 13.0 Å². The van der Waals surface area contributed by atoms with Gasteiger partial charge in [-0.25, -0.2) is 9.97 Å². The van der Waals surface area contributed by atoms with Crippen LogP contribution >= 0.6 is 0 Å². The number of hydrogen-bond donors (Lipinski definition) is 2. The second-order valence-electron chi connectivity index (χ2n) is 6.27. The summed E-state index contributed by atoms with van der Waals surface area (Å²) >= 11 is 0. The van der Waals surface area contributed by atoms with Gasteiger partial charge in [-0.15, -0.1) is 0 Å². The van der Waals surface area contributed by atoms with Crippen LogP contribution in [0.4, 0.5) is 5.82 Å². The number of nitrogens with zero attached hydrogens (tertiary/aromatic N) is 3. The third-order valence-corrected chi connectivity index (χ3v) is 4.27. The van der Waals surface area contributed by atoms with Crippen LogP contribution in [0.25, 0.3) is 27.8 Å². The molecule has 130 valence electrons. The van der Waals surface area contributed by atoms with Gasteiger partial charge in [0.2, 0.25) is 0 Å². The average molecular weight is 344 g/mol. The van der Waals surface area contributed by atoms with Crippen molar-refractivity contribution in [1.82, 2.24) is 14.5 Å². The minimum atomic E-state index is -0.462. The van der Waals surface area contributed by atoms with E-state index in [9.17, 15) is 5.11 Å². The molecule has 0 fully saturated rings. The fraction of sp³-hybridized carbons (Fsp3) is 0.143. The fourth-order valence-corrected chi connectivity index (χ4v) is 3.06. The highest BCUT2D eigenvalue weighted by molar-refractivity contribution is 6.02. The normalized spacial score (nSPS) is 12.2. The number of fused-ring (bicyclic) bond motifs is 1. The highest BCUT2D eigenvalue weighted by Crippen LogP contribution is 2.35. The van der Waals surface area contributed by atoms with Crippen LogP contribution in [0.1, 0.15) is 6.92 Å². The summed E-state index contributed by atoms with van der Waals surface area (Å²) in [6, 6.07) is 20.3. The first kappa shape index (κ1) is 16.3. The maximum atomic E-state index is 9.64. The van der Waals surface area contributed by atoms with Gasteiger partial charge in [0.25, 0.3) is 0 Å². The summed E-state index contributed by atoms with van der Waals surface area (Å²) in [5, 5.41) is 13.8. The molecule has 0 aliphatic heterocycles. The molecule has 0 spiro atoms. The predicted molar refractivity (Wildman–Crippen MR) is 104 cm³/mol. The zero-order valence-corrected chi connectivity index (χ0v) is 14.5. The van der Waals surface area contributed by atoms with Crippen LogP contribution in [0, 0.1) is 0 Å². The highest BCUT2D eigenvalue weighted by Gasteiger charge is 2.17. The van der Waals surface area contributed by atoms with E-state index < -0.39 is 6.10 Å². The van der Waals surface area contributed by atoms with Gasteiger partial charge in [-0.1, -0.05) is 48.5 Å². The predicted octanol–water partition coefficient (Wildman–Crippen LogP) is 3.88. The van der Waals surface area contributed by atoms with E-state index in [4.69, 9.17) is 0 Å². The lowest BCUT2D eigenvalue weighted by atomic mass is 10.1. The number of hydrogen-bond acceptors (Lipinski definition) is 4. The number of anilines is 1. The van der Waals surface area contributed by atoms with E-state index >= 15 is 0 Å². The Labute approximate surface area is 152 Å². The van der Waals surface area contributed by atoms with Crippen molar-refractivity contribution >= 4 is 16.9 Å². The smallest absolute Gasteiger partial charge is 0.150 e. The Morgan fingerprint density at radius 1 is 1.00 bits per heavy atom. The third-order valence-electron chi connectivity index (χ3n) is 4.27. The molecular formula is C21H20N4O. The van der Waals surface area contributed by atoms with Crippen molar-refractivity contribution in [1.29, 1.82) is 0 Å². The second kappa shape index (κ2) is 6.98. The zero-order chi connectivity index (χ0) is 17.9. The summed E-state index contributed by atoms with van der Waals surface area (Å²) in [5.74, 6) is 0.726. The topological polar surface area (TPSA) is 63.0 Å². The Balaban J connectivity index is 1.96. The van der Waals surface area contributed by atoms with Crippen LogP contribution in [0.3, 0.4) is 0 Å². The number of nitrogens with one attached hydrogen (secondary N) is 1. The molecule has 0 saturated heterocycles. The summed E-state index contributed by atoms with van der Waals surface area (Å²) in [6.45, 7) is 2.18. The molecule has 1 unspecified atom stereocenters. The first-order valence-corrected chi connectivity index (χ1v) is 8.63. The van der Waals surface area contributed by atoms with Gasteiger partial charge in [0.05, 0.1) is 11.5 Å². The number of benzene rings is 2. The summed E-state index contributed by atoms with van der Waals surface area (Å²) in [7, 11) is 0. The maximum absolute atomic E-state index is 9.64. The van der Waals surface area contributed by atoms with Gasteiger partial charge in [0.1, 0.15) is 12.1 Å². The molecule has 5 heteroatoms. The number of para-hydroxylation sites is 1. The molecule has 1 atom stereocenters. The molecule has 2 aromatic carbocycles. The second-order valence-corrected chi connectivity index (χ2v) is 6.27. The Morgan fingerprint density at radius 2 is 1.69 bits per heavy atom. The molecule has 2 aromatic heterocycles. The lowest BCUT2D eigenvalue weighted by Crippen LogP contribution is -2.16. The SMILES string of the molecule is CC(O)CNc1ncnc2c1c(-c1ccccc1)cn2-c1ccccc1.